The summed E-state index contributed by atoms with van der Waals surface area (Å²) in [4.78, 5) is 11.3. The van der Waals surface area contributed by atoms with Crippen molar-refractivity contribution in [1.29, 1.82) is 0 Å². The minimum absolute atomic E-state index is 0.118. The molecular weight excluding hydrogens is 196 g/mol. The van der Waals surface area contributed by atoms with E-state index in [1.807, 2.05) is 42.5 Å². The first-order chi connectivity index (χ1) is 7.74. The quantitative estimate of drug-likeness (QED) is 0.536. The zero-order valence-electron chi connectivity index (χ0n) is 9.10. The third kappa shape index (κ3) is 3.93. The molecule has 0 N–H and O–H groups in total. The highest BCUT2D eigenvalue weighted by atomic mass is 16.1. The summed E-state index contributed by atoms with van der Waals surface area (Å²) < 4.78 is 0. The Kier molecular flexibility index (Phi) is 4.74. The molecule has 0 aliphatic carbocycles. The van der Waals surface area contributed by atoms with E-state index in [2.05, 4.69) is 13.2 Å². The molecule has 0 aromatic heterocycles. The molecule has 16 heavy (non-hydrogen) atoms. The second-order valence-corrected chi connectivity index (χ2v) is 3.22. The van der Waals surface area contributed by atoms with Crippen LogP contribution in [0.15, 0.2) is 73.4 Å². The van der Waals surface area contributed by atoms with Crippen molar-refractivity contribution < 1.29 is 4.79 Å². The van der Waals surface area contributed by atoms with Crippen LogP contribution in [0.3, 0.4) is 0 Å². The molecule has 0 spiro atoms. The minimum Gasteiger partial charge on any atom is -0.289 e. The van der Waals surface area contributed by atoms with Crippen molar-refractivity contribution in [2.45, 2.75) is 0 Å². The second-order valence-electron chi connectivity index (χ2n) is 3.22. The lowest BCUT2D eigenvalue weighted by Crippen LogP contribution is -1.92. The van der Waals surface area contributed by atoms with Gasteiger partial charge in [0.25, 0.3) is 0 Å². The molecule has 1 nitrogen and oxygen atoms in total. The van der Waals surface area contributed by atoms with E-state index in [1.54, 1.807) is 6.08 Å². The Morgan fingerprint density at radius 1 is 1.12 bits per heavy atom. The van der Waals surface area contributed by atoms with Crippen LogP contribution in [0.1, 0.15) is 5.56 Å². The van der Waals surface area contributed by atoms with Gasteiger partial charge >= 0.3 is 0 Å². The van der Waals surface area contributed by atoms with Crippen LogP contribution in [0.2, 0.25) is 0 Å². The number of benzene rings is 1. The van der Waals surface area contributed by atoms with Gasteiger partial charge in [-0.25, -0.2) is 0 Å². The van der Waals surface area contributed by atoms with Crippen molar-refractivity contribution in [3.8, 4) is 0 Å². The van der Waals surface area contributed by atoms with Crippen LogP contribution >= 0.6 is 0 Å². The van der Waals surface area contributed by atoms with Crippen molar-refractivity contribution >= 4 is 11.9 Å². The van der Waals surface area contributed by atoms with Gasteiger partial charge in [0.2, 0.25) is 0 Å². The number of ketones is 1. The number of carbonyl (C=O) groups is 1. The summed E-state index contributed by atoms with van der Waals surface area (Å²) in [7, 11) is 0. The van der Waals surface area contributed by atoms with Crippen LogP contribution in [0.4, 0.5) is 0 Å². The monoisotopic (exact) mass is 210 g/mol. The Morgan fingerprint density at radius 3 is 2.44 bits per heavy atom. The molecule has 0 aliphatic heterocycles. The Bertz CT molecular complexity index is 436. The summed E-state index contributed by atoms with van der Waals surface area (Å²) in [5.41, 5.74) is 1.51. The predicted octanol–water partition coefficient (Wildman–Crippen LogP) is 3.57. The number of rotatable bonds is 5. The maximum absolute atomic E-state index is 11.3. The third-order valence-corrected chi connectivity index (χ3v) is 2.01. The molecule has 0 saturated carbocycles. The second kappa shape index (κ2) is 6.36. The van der Waals surface area contributed by atoms with Crippen molar-refractivity contribution in [3.63, 3.8) is 0 Å². The first kappa shape index (κ1) is 11.9. The summed E-state index contributed by atoms with van der Waals surface area (Å²) >= 11 is 0. The maximum Gasteiger partial charge on any atom is 0.185 e. The molecule has 1 rings (SSSR count). The van der Waals surface area contributed by atoms with E-state index in [4.69, 9.17) is 0 Å². The molecule has 80 valence electrons. The lowest BCUT2D eigenvalue weighted by atomic mass is 10.1. The summed E-state index contributed by atoms with van der Waals surface area (Å²) in [5.74, 6) is -0.118. The van der Waals surface area contributed by atoms with Gasteiger partial charge in [0.15, 0.2) is 5.78 Å². The highest BCUT2D eigenvalue weighted by molar-refractivity contribution is 6.05. The standard InChI is InChI=1S/C15H14O/c1-3-13(2)15(16)12-8-7-11-14-9-5-4-6-10-14/h3-12H,1-2H2/b11-7+,12-8+. The van der Waals surface area contributed by atoms with Crippen LogP contribution < -0.4 is 0 Å². The van der Waals surface area contributed by atoms with E-state index < -0.39 is 0 Å². The van der Waals surface area contributed by atoms with Crippen molar-refractivity contribution in [2.75, 3.05) is 0 Å². The molecule has 1 aromatic carbocycles. The maximum atomic E-state index is 11.3. The average molecular weight is 210 g/mol. The predicted molar refractivity (Wildman–Crippen MR) is 69.0 cm³/mol. The molecule has 1 heteroatoms. The molecule has 0 unspecified atom stereocenters. The van der Waals surface area contributed by atoms with Gasteiger partial charge in [-0.3, -0.25) is 4.79 Å². The Balaban J connectivity index is 2.55. The fourth-order valence-corrected chi connectivity index (χ4v) is 1.08. The molecule has 0 fully saturated rings. The van der Waals surface area contributed by atoms with Crippen LogP contribution in [0, 0.1) is 0 Å². The Hall–Kier alpha value is -2.15. The highest BCUT2D eigenvalue weighted by Gasteiger charge is 1.95. The van der Waals surface area contributed by atoms with Gasteiger partial charge in [-0.2, -0.15) is 0 Å². The van der Waals surface area contributed by atoms with E-state index in [9.17, 15) is 4.79 Å². The van der Waals surface area contributed by atoms with Gasteiger partial charge in [0.05, 0.1) is 0 Å². The molecule has 0 bridgehead atoms. The molecule has 1 aromatic rings. The largest absolute Gasteiger partial charge is 0.289 e. The number of hydrogen-bond donors (Lipinski definition) is 0. The van der Waals surface area contributed by atoms with Crippen LogP contribution in [0.5, 0.6) is 0 Å². The Labute approximate surface area is 96.1 Å². The summed E-state index contributed by atoms with van der Waals surface area (Å²) in [5, 5.41) is 0. The average Bonchev–Trinajstić information content (AvgIpc) is 2.34. The van der Waals surface area contributed by atoms with E-state index >= 15 is 0 Å². The summed E-state index contributed by atoms with van der Waals surface area (Å²) in [6.45, 7) is 7.05. The lowest BCUT2D eigenvalue weighted by molar-refractivity contribution is -0.111. The van der Waals surface area contributed by atoms with Gasteiger partial charge in [-0.05, 0) is 11.6 Å². The van der Waals surface area contributed by atoms with E-state index in [0.717, 1.165) is 5.56 Å². The van der Waals surface area contributed by atoms with Crippen LogP contribution in [-0.4, -0.2) is 5.78 Å². The van der Waals surface area contributed by atoms with Crippen LogP contribution in [-0.2, 0) is 4.79 Å². The van der Waals surface area contributed by atoms with Crippen molar-refractivity contribution in [2.24, 2.45) is 0 Å². The summed E-state index contributed by atoms with van der Waals surface area (Å²) in [6, 6.07) is 9.89. The minimum atomic E-state index is -0.118. The van der Waals surface area contributed by atoms with E-state index in [-0.39, 0.29) is 5.78 Å². The zero-order valence-corrected chi connectivity index (χ0v) is 9.10. The number of allylic oxidation sites excluding steroid dienone is 5. The van der Waals surface area contributed by atoms with Crippen molar-refractivity contribution in [3.05, 3.63) is 78.9 Å². The molecule has 0 radical (unpaired) electrons. The van der Waals surface area contributed by atoms with Gasteiger partial charge < -0.3 is 0 Å². The van der Waals surface area contributed by atoms with Gasteiger partial charge in [0.1, 0.15) is 0 Å². The third-order valence-electron chi connectivity index (χ3n) is 2.01. The zero-order chi connectivity index (χ0) is 11.8. The fraction of sp³-hybridized carbons (Fsp3) is 0. The number of hydrogen-bond acceptors (Lipinski definition) is 1. The molecule has 0 amide bonds. The number of carbonyl (C=O) groups excluding carboxylic acids is 1. The fourth-order valence-electron chi connectivity index (χ4n) is 1.08. The highest BCUT2D eigenvalue weighted by Crippen LogP contribution is 2.01. The topological polar surface area (TPSA) is 17.1 Å². The molecular formula is C15H14O. The van der Waals surface area contributed by atoms with Crippen molar-refractivity contribution in [1.82, 2.24) is 0 Å². The van der Waals surface area contributed by atoms with Gasteiger partial charge in [-0.15, -0.1) is 0 Å². The molecule has 0 atom stereocenters. The van der Waals surface area contributed by atoms with Gasteiger partial charge in [-0.1, -0.05) is 67.8 Å². The normalized spacial score (nSPS) is 10.8. The Morgan fingerprint density at radius 2 is 1.81 bits per heavy atom. The summed E-state index contributed by atoms with van der Waals surface area (Å²) in [6.07, 6.45) is 8.38. The van der Waals surface area contributed by atoms with E-state index in [0.29, 0.717) is 5.57 Å². The lowest BCUT2D eigenvalue weighted by Gasteiger charge is -1.90. The first-order valence-electron chi connectivity index (χ1n) is 4.99. The van der Waals surface area contributed by atoms with E-state index in [1.165, 1.54) is 12.2 Å². The molecule has 0 saturated heterocycles. The first-order valence-corrected chi connectivity index (χ1v) is 4.99. The molecule has 0 heterocycles. The smallest absolute Gasteiger partial charge is 0.185 e. The van der Waals surface area contributed by atoms with Crippen LogP contribution in [0.25, 0.3) is 6.08 Å². The molecule has 0 aliphatic rings. The SMILES string of the molecule is C=CC(=C)C(=O)/C=C/C=C/c1ccccc1. The van der Waals surface area contributed by atoms with Gasteiger partial charge in [0, 0.05) is 5.57 Å².